The first-order valence-electron chi connectivity index (χ1n) is 7.60. The molecule has 1 aromatic heterocycles. The molecule has 0 aromatic carbocycles. The lowest BCUT2D eigenvalue weighted by Crippen LogP contribution is -2.66. The van der Waals surface area contributed by atoms with Crippen LogP contribution in [0.2, 0.25) is 0 Å². The number of nitrogens with one attached hydrogen (secondary N) is 1. The lowest BCUT2D eigenvalue weighted by Gasteiger charge is -2.51. The zero-order valence-electron chi connectivity index (χ0n) is 12.1. The molecule has 1 aliphatic heterocycles. The maximum Gasteiger partial charge on any atom is 0.129 e. The Balaban J connectivity index is 1.51. The van der Waals surface area contributed by atoms with E-state index in [1.807, 2.05) is 0 Å². The minimum atomic E-state index is 0.396. The third-order valence-electron chi connectivity index (χ3n) is 4.94. The highest BCUT2D eigenvalue weighted by molar-refractivity contribution is 5.40. The summed E-state index contributed by atoms with van der Waals surface area (Å²) in [5.41, 5.74) is 1.20. The molecule has 1 N–H and O–H groups in total. The molecule has 2 aliphatic carbocycles. The number of nitrogens with zero attached hydrogens (tertiary/aromatic N) is 3. The van der Waals surface area contributed by atoms with Gasteiger partial charge in [-0.15, -0.1) is 0 Å². The molecule has 0 amide bonds. The number of hydrogen-bond donors (Lipinski definition) is 1. The maximum absolute atomic E-state index is 5.85. The lowest BCUT2D eigenvalue weighted by molar-refractivity contribution is -0.0516. The molecule has 1 saturated heterocycles. The van der Waals surface area contributed by atoms with Gasteiger partial charge in [0, 0.05) is 30.2 Å². The van der Waals surface area contributed by atoms with E-state index in [9.17, 15) is 0 Å². The lowest BCUT2D eigenvalue weighted by atomic mass is 9.71. The molecule has 20 heavy (non-hydrogen) atoms. The molecular formula is C15H22N4O. The van der Waals surface area contributed by atoms with Crippen molar-refractivity contribution >= 4 is 5.82 Å². The molecule has 0 bridgehead atoms. The van der Waals surface area contributed by atoms with Crippen LogP contribution in [0, 0.1) is 5.92 Å². The van der Waals surface area contributed by atoms with Gasteiger partial charge in [-0.1, -0.05) is 0 Å². The van der Waals surface area contributed by atoms with Gasteiger partial charge in [0.2, 0.25) is 0 Å². The number of fused-ring (bicyclic) bond motifs is 1. The van der Waals surface area contributed by atoms with E-state index in [1.165, 1.54) is 18.5 Å². The van der Waals surface area contributed by atoms with Crippen LogP contribution < -0.4 is 5.32 Å². The third kappa shape index (κ3) is 2.00. The molecule has 5 heteroatoms. The first-order chi connectivity index (χ1) is 9.74. The Morgan fingerprint density at radius 1 is 1.25 bits per heavy atom. The zero-order chi connectivity index (χ0) is 13.7. The van der Waals surface area contributed by atoms with Crippen molar-refractivity contribution in [1.82, 2.24) is 14.9 Å². The van der Waals surface area contributed by atoms with E-state index in [0.29, 0.717) is 30.0 Å². The van der Waals surface area contributed by atoms with Crippen molar-refractivity contribution in [1.29, 1.82) is 0 Å². The van der Waals surface area contributed by atoms with Gasteiger partial charge in [0.25, 0.3) is 0 Å². The SMILES string of the molecule is CN(C)[C@@H]1[C@@H](Nc2cc(C3CC3)ncn2)[C@H]2CCO[C@H]21. The van der Waals surface area contributed by atoms with Crippen molar-refractivity contribution in [2.24, 2.45) is 5.92 Å². The van der Waals surface area contributed by atoms with Crippen LogP contribution in [-0.2, 0) is 4.74 Å². The number of aromatic nitrogens is 2. The molecule has 0 unspecified atom stereocenters. The standard InChI is InChI=1S/C15H22N4O/c1-19(2)14-13(10-5-6-20-15(10)14)18-12-7-11(9-3-4-9)16-8-17-12/h7-10,13-15H,3-6H2,1-2H3,(H,16,17,18)/t10-,13+,14-,15-/m1/s1. The van der Waals surface area contributed by atoms with Gasteiger partial charge in [-0.25, -0.2) is 9.97 Å². The predicted molar refractivity (Wildman–Crippen MR) is 76.7 cm³/mol. The highest BCUT2D eigenvalue weighted by Gasteiger charge is 2.55. The molecule has 0 radical (unpaired) electrons. The van der Waals surface area contributed by atoms with Crippen molar-refractivity contribution in [3.05, 3.63) is 18.1 Å². The van der Waals surface area contributed by atoms with Crippen LogP contribution in [0.25, 0.3) is 0 Å². The van der Waals surface area contributed by atoms with Crippen LogP contribution in [0.4, 0.5) is 5.82 Å². The number of ether oxygens (including phenoxy) is 1. The Morgan fingerprint density at radius 2 is 2.10 bits per heavy atom. The van der Waals surface area contributed by atoms with Gasteiger partial charge < -0.3 is 15.0 Å². The summed E-state index contributed by atoms with van der Waals surface area (Å²) in [6.07, 6.45) is 5.80. The molecule has 4 atom stereocenters. The van der Waals surface area contributed by atoms with Gasteiger partial charge in [-0.3, -0.25) is 0 Å². The highest BCUT2D eigenvalue weighted by Crippen LogP contribution is 2.43. The molecular weight excluding hydrogens is 252 g/mol. The molecule has 5 nitrogen and oxygen atoms in total. The van der Waals surface area contributed by atoms with Crippen LogP contribution in [-0.4, -0.2) is 53.8 Å². The van der Waals surface area contributed by atoms with Gasteiger partial charge in [0.05, 0.1) is 18.2 Å². The fraction of sp³-hybridized carbons (Fsp3) is 0.733. The summed E-state index contributed by atoms with van der Waals surface area (Å²) in [5.74, 6) is 2.28. The topological polar surface area (TPSA) is 50.3 Å². The minimum Gasteiger partial charge on any atom is -0.376 e. The summed E-state index contributed by atoms with van der Waals surface area (Å²) in [6.45, 7) is 0.898. The maximum atomic E-state index is 5.85. The first-order valence-corrected chi connectivity index (χ1v) is 7.60. The Labute approximate surface area is 119 Å². The Bertz CT molecular complexity index is 502. The largest absolute Gasteiger partial charge is 0.376 e. The van der Waals surface area contributed by atoms with Crippen LogP contribution in [0.1, 0.15) is 30.9 Å². The highest BCUT2D eigenvalue weighted by atomic mass is 16.5. The van der Waals surface area contributed by atoms with E-state index in [0.717, 1.165) is 18.8 Å². The van der Waals surface area contributed by atoms with Crippen LogP contribution in [0.3, 0.4) is 0 Å². The predicted octanol–water partition coefficient (Wildman–Crippen LogP) is 1.48. The summed E-state index contributed by atoms with van der Waals surface area (Å²) in [6, 6.07) is 3.02. The van der Waals surface area contributed by atoms with Crippen molar-refractivity contribution in [2.45, 2.75) is 43.4 Å². The van der Waals surface area contributed by atoms with Crippen LogP contribution in [0.5, 0.6) is 0 Å². The molecule has 3 fully saturated rings. The number of rotatable bonds is 4. The van der Waals surface area contributed by atoms with Gasteiger partial charge in [0.15, 0.2) is 0 Å². The van der Waals surface area contributed by atoms with E-state index in [2.05, 4.69) is 40.3 Å². The zero-order valence-corrected chi connectivity index (χ0v) is 12.1. The first kappa shape index (κ1) is 12.5. The molecule has 2 saturated carbocycles. The summed E-state index contributed by atoms with van der Waals surface area (Å²) >= 11 is 0. The number of hydrogen-bond acceptors (Lipinski definition) is 5. The number of likely N-dealkylation sites (N-methyl/N-ethyl adjacent to an activating group) is 1. The van der Waals surface area contributed by atoms with E-state index >= 15 is 0 Å². The average Bonchev–Trinajstić information content (AvgIpc) is 3.19. The van der Waals surface area contributed by atoms with E-state index in [4.69, 9.17) is 4.74 Å². The van der Waals surface area contributed by atoms with Crippen LogP contribution >= 0.6 is 0 Å². The van der Waals surface area contributed by atoms with E-state index in [1.54, 1.807) is 6.33 Å². The van der Waals surface area contributed by atoms with Crippen molar-refractivity contribution < 1.29 is 4.74 Å². The molecule has 1 aromatic rings. The Kier molecular flexibility index (Phi) is 2.93. The van der Waals surface area contributed by atoms with Crippen molar-refractivity contribution in [3.63, 3.8) is 0 Å². The summed E-state index contributed by atoms with van der Waals surface area (Å²) in [7, 11) is 4.26. The normalized spacial score (nSPS) is 35.8. The molecule has 2 heterocycles. The fourth-order valence-electron chi connectivity index (χ4n) is 3.71. The molecule has 4 rings (SSSR count). The molecule has 0 spiro atoms. The Hall–Kier alpha value is -1.20. The van der Waals surface area contributed by atoms with Crippen molar-refractivity contribution in [2.75, 3.05) is 26.0 Å². The van der Waals surface area contributed by atoms with Crippen LogP contribution in [0.15, 0.2) is 12.4 Å². The van der Waals surface area contributed by atoms with Gasteiger partial charge in [-0.05, 0) is 33.4 Å². The quantitative estimate of drug-likeness (QED) is 0.901. The second-order valence-corrected chi connectivity index (χ2v) is 6.51. The van der Waals surface area contributed by atoms with Gasteiger partial charge in [0.1, 0.15) is 12.1 Å². The minimum absolute atomic E-state index is 0.396. The molecule has 3 aliphatic rings. The van der Waals surface area contributed by atoms with Crippen molar-refractivity contribution in [3.8, 4) is 0 Å². The summed E-state index contributed by atoms with van der Waals surface area (Å²) in [4.78, 5) is 11.1. The van der Waals surface area contributed by atoms with Gasteiger partial charge in [-0.2, -0.15) is 0 Å². The number of anilines is 1. The third-order valence-corrected chi connectivity index (χ3v) is 4.94. The summed E-state index contributed by atoms with van der Waals surface area (Å²) < 4.78 is 5.85. The second kappa shape index (κ2) is 4.67. The summed E-state index contributed by atoms with van der Waals surface area (Å²) in [5, 5.41) is 3.63. The molecule has 108 valence electrons. The monoisotopic (exact) mass is 274 g/mol. The smallest absolute Gasteiger partial charge is 0.129 e. The second-order valence-electron chi connectivity index (χ2n) is 6.51. The van der Waals surface area contributed by atoms with E-state index < -0.39 is 0 Å². The average molecular weight is 274 g/mol. The van der Waals surface area contributed by atoms with Gasteiger partial charge >= 0.3 is 0 Å². The van der Waals surface area contributed by atoms with E-state index in [-0.39, 0.29) is 0 Å². The fourth-order valence-corrected chi connectivity index (χ4v) is 3.71. The Morgan fingerprint density at radius 3 is 2.85 bits per heavy atom.